The van der Waals surface area contributed by atoms with Crippen LogP contribution in [0.3, 0.4) is 0 Å². The predicted molar refractivity (Wildman–Crippen MR) is 109 cm³/mol. The monoisotopic (exact) mass is 404 g/mol. The number of rotatable bonds is 4. The minimum atomic E-state index is -0.901. The third-order valence-electron chi connectivity index (χ3n) is 6.04. The summed E-state index contributed by atoms with van der Waals surface area (Å²) in [7, 11) is -0.586. The number of ether oxygens (including phenoxy) is 1. The van der Waals surface area contributed by atoms with E-state index in [2.05, 4.69) is 5.32 Å². The molecule has 0 bridgehead atoms. The molecule has 9 heteroatoms. The summed E-state index contributed by atoms with van der Waals surface area (Å²) in [6, 6.07) is 7.34. The Morgan fingerprint density at radius 3 is 2.34 bits per heavy atom. The first-order valence-electron chi connectivity index (χ1n) is 9.95. The molecular formula is C20H29BN2O6. The van der Waals surface area contributed by atoms with Gasteiger partial charge in [0, 0.05) is 24.2 Å². The minimum Gasteiger partial charge on any atom is -0.465 e. The Morgan fingerprint density at radius 1 is 1.17 bits per heavy atom. The summed E-state index contributed by atoms with van der Waals surface area (Å²) in [6.45, 7) is 9.11. The lowest BCUT2D eigenvalue weighted by atomic mass is 9.78. The molecule has 0 unspecified atom stereocenters. The number of benzene rings is 1. The first-order valence-corrected chi connectivity index (χ1v) is 9.95. The fraction of sp³-hybridized carbons (Fsp3) is 0.600. The second-order valence-electron chi connectivity index (χ2n) is 8.61. The fourth-order valence-electron chi connectivity index (χ4n) is 3.42. The van der Waals surface area contributed by atoms with Gasteiger partial charge in [-0.15, -0.1) is 0 Å². The van der Waals surface area contributed by atoms with Crippen LogP contribution in [0, 0.1) is 5.92 Å². The molecule has 2 heterocycles. The van der Waals surface area contributed by atoms with Gasteiger partial charge in [0.25, 0.3) is 0 Å². The third-order valence-corrected chi connectivity index (χ3v) is 6.04. The van der Waals surface area contributed by atoms with Crippen LogP contribution >= 0.6 is 0 Å². The van der Waals surface area contributed by atoms with Crippen molar-refractivity contribution in [2.75, 3.05) is 25.0 Å². The average molecular weight is 404 g/mol. The largest absolute Gasteiger partial charge is 0.496 e. The van der Waals surface area contributed by atoms with Crippen LogP contribution in [0.2, 0.25) is 0 Å². The van der Waals surface area contributed by atoms with Gasteiger partial charge in [0.2, 0.25) is 0 Å². The van der Waals surface area contributed by atoms with Gasteiger partial charge in [0.05, 0.1) is 17.8 Å². The molecule has 158 valence electrons. The highest BCUT2D eigenvalue weighted by atomic mass is 16.7. The number of nitrogens with zero attached hydrogens (tertiary/aromatic N) is 1. The first kappa shape index (κ1) is 21.5. The summed E-state index contributed by atoms with van der Waals surface area (Å²) >= 11 is 0. The van der Waals surface area contributed by atoms with E-state index < -0.39 is 30.5 Å². The second kappa shape index (κ2) is 8.24. The standard InChI is InChI=1S/C20H29BN2O6/c1-19(2)20(3,4)29-21(28-19)15-7-5-6-8-16(15)22-17(24)27-13-14-9-11-23(12-10-14)18(25)26/h5-8,14H,9-13H2,1-4H3,(H,22,24)(H,25,26). The average Bonchev–Trinajstić information content (AvgIpc) is 2.88. The number of anilines is 1. The summed E-state index contributed by atoms with van der Waals surface area (Å²) < 4.78 is 17.6. The van der Waals surface area contributed by atoms with Gasteiger partial charge >= 0.3 is 19.3 Å². The molecule has 2 fully saturated rings. The number of hydrogen-bond acceptors (Lipinski definition) is 5. The van der Waals surface area contributed by atoms with Crippen molar-refractivity contribution in [1.82, 2.24) is 4.90 Å². The lowest BCUT2D eigenvalue weighted by molar-refractivity contribution is 0.00578. The van der Waals surface area contributed by atoms with Crippen LogP contribution in [0.15, 0.2) is 24.3 Å². The number of amides is 2. The summed E-state index contributed by atoms with van der Waals surface area (Å²) in [5, 5.41) is 11.8. The van der Waals surface area contributed by atoms with E-state index in [1.807, 2.05) is 45.9 Å². The van der Waals surface area contributed by atoms with Crippen LogP contribution in [-0.4, -0.2) is 60.2 Å². The molecule has 29 heavy (non-hydrogen) atoms. The molecule has 1 aromatic rings. The van der Waals surface area contributed by atoms with E-state index >= 15 is 0 Å². The maximum atomic E-state index is 12.3. The Morgan fingerprint density at radius 2 is 1.76 bits per heavy atom. The number of nitrogens with one attached hydrogen (secondary N) is 1. The number of piperidine rings is 1. The van der Waals surface area contributed by atoms with Gasteiger partial charge in [-0.3, -0.25) is 5.32 Å². The van der Waals surface area contributed by atoms with E-state index in [-0.39, 0.29) is 12.5 Å². The maximum absolute atomic E-state index is 12.3. The molecule has 0 saturated carbocycles. The van der Waals surface area contributed by atoms with Gasteiger partial charge in [-0.05, 0) is 52.5 Å². The molecular weight excluding hydrogens is 375 g/mol. The molecule has 2 amide bonds. The van der Waals surface area contributed by atoms with Crippen molar-refractivity contribution in [3.63, 3.8) is 0 Å². The second-order valence-corrected chi connectivity index (χ2v) is 8.61. The topological polar surface area (TPSA) is 97.3 Å². The molecule has 2 aliphatic heterocycles. The highest BCUT2D eigenvalue weighted by Crippen LogP contribution is 2.37. The molecule has 2 aliphatic rings. The minimum absolute atomic E-state index is 0.162. The summed E-state index contributed by atoms with van der Waals surface area (Å²) in [4.78, 5) is 24.7. The Bertz CT molecular complexity index is 745. The lowest BCUT2D eigenvalue weighted by Crippen LogP contribution is -2.41. The molecule has 1 aromatic carbocycles. The quantitative estimate of drug-likeness (QED) is 0.749. The first-order chi connectivity index (χ1) is 13.6. The zero-order chi connectivity index (χ0) is 21.2. The van der Waals surface area contributed by atoms with Crippen LogP contribution in [0.5, 0.6) is 0 Å². The highest BCUT2D eigenvalue weighted by molar-refractivity contribution is 6.64. The predicted octanol–water partition coefficient (Wildman–Crippen LogP) is 2.92. The van der Waals surface area contributed by atoms with Crippen LogP contribution in [0.25, 0.3) is 0 Å². The summed E-state index contributed by atoms with van der Waals surface area (Å²) in [6.07, 6.45) is -0.0789. The van der Waals surface area contributed by atoms with Gasteiger partial charge in [0.15, 0.2) is 0 Å². The maximum Gasteiger partial charge on any atom is 0.496 e. The van der Waals surface area contributed by atoms with E-state index in [0.717, 1.165) is 5.46 Å². The van der Waals surface area contributed by atoms with Crippen LogP contribution in [0.4, 0.5) is 15.3 Å². The summed E-state index contributed by atoms with van der Waals surface area (Å²) in [5.74, 6) is 0.162. The number of carboxylic acid groups (broad SMARTS) is 1. The van der Waals surface area contributed by atoms with E-state index in [1.165, 1.54) is 4.90 Å². The third kappa shape index (κ3) is 4.84. The number of carbonyl (C=O) groups excluding carboxylic acids is 1. The molecule has 8 nitrogen and oxygen atoms in total. The van der Waals surface area contributed by atoms with Gasteiger partial charge in [-0.1, -0.05) is 18.2 Å². The van der Waals surface area contributed by atoms with Gasteiger partial charge in [-0.25, -0.2) is 9.59 Å². The molecule has 2 saturated heterocycles. The Hall–Kier alpha value is -2.26. The fourth-order valence-corrected chi connectivity index (χ4v) is 3.42. The zero-order valence-corrected chi connectivity index (χ0v) is 17.4. The van der Waals surface area contributed by atoms with Crippen LogP contribution < -0.4 is 10.8 Å². The number of carbonyl (C=O) groups is 2. The van der Waals surface area contributed by atoms with Crippen LogP contribution in [-0.2, 0) is 14.0 Å². The Kier molecular flexibility index (Phi) is 6.09. The molecule has 2 N–H and O–H groups in total. The molecule has 0 aromatic heterocycles. The Labute approximate surface area is 171 Å². The van der Waals surface area contributed by atoms with Crippen molar-refractivity contribution >= 4 is 30.5 Å². The van der Waals surface area contributed by atoms with Crippen molar-refractivity contribution in [2.45, 2.75) is 51.7 Å². The molecule has 0 aliphatic carbocycles. The summed E-state index contributed by atoms with van der Waals surface area (Å²) in [5.41, 5.74) is 0.362. The Balaban J connectivity index is 1.56. The van der Waals surface area contributed by atoms with Crippen molar-refractivity contribution in [1.29, 1.82) is 0 Å². The van der Waals surface area contributed by atoms with E-state index in [4.69, 9.17) is 19.2 Å². The van der Waals surface area contributed by atoms with Crippen molar-refractivity contribution in [2.24, 2.45) is 5.92 Å². The van der Waals surface area contributed by atoms with Gasteiger partial charge in [0.1, 0.15) is 0 Å². The smallest absolute Gasteiger partial charge is 0.465 e. The van der Waals surface area contributed by atoms with Crippen molar-refractivity contribution < 1.29 is 28.7 Å². The number of likely N-dealkylation sites (tertiary alicyclic amines) is 1. The van der Waals surface area contributed by atoms with E-state index in [9.17, 15) is 9.59 Å². The lowest BCUT2D eigenvalue weighted by Gasteiger charge is -2.32. The molecule has 0 spiro atoms. The van der Waals surface area contributed by atoms with Gasteiger partial charge in [-0.2, -0.15) is 0 Å². The van der Waals surface area contributed by atoms with E-state index in [1.54, 1.807) is 6.07 Å². The van der Waals surface area contributed by atoms with E-state index in [0.29, 0.717) is 31.6 Å². The molecule has 0 radical (unpaired) electrons. The SMILES string of the molecule is CC1(C)OB(c2ccccc2NC(=O)OCC2CCN(C(=O)O)CC2)OC1(C)C. The molecule has 3 rings (SSSR count). The normalized spacial score (nSPS) is 21.1. The number of hydrogen-bond donors (Lipinski definition) is 2. The highest BCUT2D eigenvalue weighted by Gasteiger charge is 2.52. The van der Waals surface area contributed by atoms with Crippen molar-refractivity contribution in [3.8, 4) is 0 Å². The zero-order valence-electron chi connectivity index (χ0n) is 17.4. The molecule has 0 atom stereocenters. The van der Waals surface area contributed by atoms with Gasteiger partial charge < -0.3 is 24.1 Å². The van der Waals surface area contributed by atoms with Crippen molar-refractivity contribution in [3.05, 3.63) is 24.3 Å². The number of para-hydroxylation sites is 1. The van der Waals surface area contributed by atoms with Crippen LogP contribution in [0.1, 0.15) is 40.5 Å².